The molecule has 0 aliphatic heterocycles. The standard InChI is InChI=1S/C14H17N3OS/c18-13(16-11-4-1-2-5-11)10-17-8-7-15-14(17)12-6-3-9-19-12/h3,6-9,11H,1-2,4-5,10H2,(H,16,18). The van der Waals surface area contributed by atoms with Crippen molar-refractivity contribution in [2.75, 3.05) is 0 Å². The van der Waals surface area contributed by atoms with Crippen LogP contribution in [0.5, 0.6) is 0 Å². The number of rotatable bonds is 4. The van der Waals surface area contributed by atoms with E-state index < -0.39 is 0 Å². The van der Waals surface area contributed by atoms with Crippen molar-refractivity contribution in [2.45, 2.75) is 38.3 Å². The average Bonchev–Trinajstić information content (AvgIpc) is 3.09. The summed E-state index contributed by atoms with van der Waals surface area (Å²) in [5, 5.41) is 5.13. The number of hydrogen-bond acceptors (Lipinski definition) is 3. The molecule has 2 heterocycles. The summed E-state index contributed by atoms with van der Waals surface area (Å²) >= 11 is 1.64. The predicted molar refractivity (Wildman–Crippen MR) is 75.9 cm³/mol. The maximum Gasteiger partial charge on any atom is 0.240 e. The Hall–Kier alpha value is -1.62. The lowest BCUT2D eigenvalue weighted by Crippen LogP contribution is -2.35. The van der Waals surface area contributed by atoms with Crippen molar-refractivity contribution >= 4 is 17.2 Å². The highest BCUT2D eigenvalue weighted by molar-refractivity contribution is 7.13. The second-order valence-corrected chi connectivity index (χ2v) is 5.85. The molecule has 0 bridgehead atoms. The van der Waals surface area contributed by atoms with Gasteiger partial charge in [0.1, 0.15) is 12.4 Å². The van der Waals surface area contributed by atoms with Gasteiger partial charge in [-0.1, -0.05) is 18.9 Å². The van der Waals surface area contributed by atoms with Crippen LogP contribution in [0.1, 0.15) is 25.7 Å². The molecule has 0 spiro atoms. The Labute approximate surface area is 116 Å². The van der Waals surface area contributed by atoms with Gasteiger partial charge in [-0.2, -0.15) is 0 Å². The molecule has 0 unspecified atom stereocenters. The molecule has 5 heteroatoms. The van der Waals surface area contributed by atoms with E-state index in [1.807, 2.05) is 28.3 Å². The van der Waals surface area contributed by atoms with Gasteiger partial charge < -0.3 is 9.88 Å². The van der Waals surface area contributed by atoms with Crippen molar-refractivity contribution in [3.63, 3.8) is 0 Å². The summed E-state index contributed by atoms with van der Waals surface area (Å²) in [7, 11) is 0. The van der Waals surface area contributed by atoms with Gasteiger partial charge >= 0.3 is 0 Å². The van der Waals surface area contributed by atoms with Crippen LogP contribution in [0.3, 0.4) is 0 Å². The molecule has 2 aromatic rings. The van der Waals surface area contributed by atoms with E-state index in [0.29, 0.717) is 12.6 Å². The smallest absolute Gasteiger partial charge is 0.240 e. The first-order valence-electron chi connectivity index (χ1n) is 6.67. The summed E-state index contributed by atoms with van der Waals surface area (Å²) in [6, 6.07) is 4.40. The molecular formula is C14H17N3OS. The third-order valence-corrected chi connectivity index (χ3v) is 4.36. The maximum atomic E-state index is 12.0. The van der Waals surface area contributed by atoms with Crippen molar-refractivity contribution in [3.8, 4) is 10.7 Å². The van der Waals surface area contributed by atoms with E-state index in [4.69, 9.17) is 0 Å². The second kappa shape index (κ2) is 5.57. The predicted octanol–water partition coefficient (Wildman–Crippen LogP) is 2.67. The summed E-state index contributed by atoms with van der Waals surface area (Å²) in [5.41, 5.74) is 0. The highest BCUT2D eigenvalue weighted by Crippen LogP contribution is 2.23. The zero-order valence-corrected chi connectivity index (χ0v) is 11.5. The maximum absolute atomic E-state index is 12.0. The Morgan fingerprint density at radius 3 is 3.05 bits per heavy atom. The number of nitrogens with zero attached hydrogens (tertiary/aromatic N) is 2. The molecule has 100 valence electrons. The van der Waals surface area contributed by atoms with E-state index in [1.54, 1.807) is 17.5 Å². The fourth-order valence-electron chi connectivity index (χ4n) is 2.57. The molecule has 19 heavy (non-hydrogen) atoms. The molecule has 3 rings (SSSR count). The zero-order valence-electron chi connectivity index (χ0n) is 10.7. The zero-order chi connectivity index (χ0) is 13.1. The molecule has 1 N–H and O–H groups in total. The van der Waals surface area contributed by atoms with Crippen LogP contribution in [0.4, 0.5) is 0 Å². The quantitative estimate of drug-likeness (QED) is 0.932. The lowest BCUT2D eigenvalue weighted by molar-refractivity contribution is -0.122. The van der Waals surface area contributed by atoms with Crippen molar-refractivity contribution in [3.05, 3.63) is 29.9 Å². The molecule has 0 atom stereocenters. The number of amides is 1. The highest BCUT2D eigenvalue weighted by Gasteiger charge is 2.18. The van der Waals surface area contributed by atoms with E-state index in [2.05, 4.69) is 10.3 Å². The molecule has 1 fully saturated rings. The minimum absolute atomic E-state index is 0.0858. The number of carbonyl (C=O) groups excluding carboxylic acids is 1. The first-order chi connectivity index (χ1) is 9.33. The second-order valence-electron chi connectivity index (χ2n) is 4.90. The Balaban J connectivity index is 1.66. The fourth-order valence-corrected chi connectivity index (χ4v) is 3.30. The first kappa shape index (κ1) is 12.4. The van der Waals surface area contributed by atoms with Gasteiger partial charge in [0.2, 0.25) is 5.91 Å². The van der Waals surface area contributed by atoms with Gasteiger partial charge in [0.15, 0.2) is 0 Å². The lowest BCUT2D eigenvalue weighted by Gasteiger charge is -2.13. The van der Waals surface area contributed by atoms with Crippen LogP contribution in [0.25, 0.3) is 10.7 Å². The number of hydrogen-bond donors (Lipinski definition) is 1. The molecule has 2 aromatic heterocycles. The third kappa shape index (κ3) is 2.87. The molecule has 1 aliphatic carbocycles. The van der Waals surface area contributed by atoms with Gasteiger partial charge in [-0.15, -0.1) is 11.3 Å². The Morgan fingerprint density at radius 2 is 2.32 bits per heavy atom. The number of nitrogens with one attached hydrogen (secondary N) is 1. The van der Waals surface area contributed by atoms with Crippen molar-refractivity contribution in [1.29, 1.82) is 0 Å². The molecule has 0 radical (unpaired) electrons. The van der Waals surface area contributed by atoms with Gasteiger partial charge in [0, 0.05) is 18.4 Å². The summed E-state index contributed by atoms with van der Waals surface area (Å²) in [4.78, 5) is 17.5. The number of aromatic nitrogens is 2. The van der Waals surface area contributed by atoms with Crippen molar-refractivity contribution in [2.24, 2.45) is 0 Å². The Kier molecular flexibility index (Phi) is 3.64. The summed E-state index contributed by atoms with van der Waals surface area (Å²) in [6.07, 6.45) is 8.31. The van der Waals surface area contributed by atoms with E-state index >= 15 is 0 Å². The molecule has 0 aromatic carbocycles. The lowest BCUT2D eigenvalue weighted by atomic mass is 10.2. The molecule has 1 amide bonds. The van der Waals surface area contributed by atoms with Gasteiger partial charge in [-0.05, 0) is 24.3 Å². The van der Waals surface area contributed by atoms with Crippen LogP contribution in [0.15, 0.2) is 29.9 Å². The van der Waals surface area contributed by atoms with E-state index in [-0.39, 0.29) is 5.91 Å². The normalized spacial score (nSPS) is 15.8. The van der Waals surface area contributed by atoms with Crippen LogP contribution >= 0.6 is 11.3 Å². The van der Waals surface area contributed by atoms with E-state index in [1.165, 1.54) is 12.8 Å². The topological polar surface area (TPSA) is 46.9 Å². The minimum Gasteiger partial charge on any atom is -0.352 e. The monoisotopic (exact) mass is 275 g/mol. The van der Waals surface area contributed by atoms with E-state index in [9.17, 15) is 4.79 Å². The molecule has 4 nitrogen and oxygen atoms in total. The number of imidazole rings is 1. The summed E-state index contributed by atoms with van der Waals surface area (Å²) in [5.74, 6) is 0.958. The van der Waals surface area contributed by atoms with Gasteiger partial charge in [-0.3, -0.25) is 4.79 Å². The highest BCUT2D eigenvalue weighted by atomic mass is 32.1. The third-order valence-electron chi connectivity index (χ3n) is 3.49. The van der Waals surface area contributed by atoms with E-state index in [0.717, 1.165) is 23.5 Å². The van der Waals surface area contributed by atoms with Crippen LogP contribution in [-0.2, 0) is 11.3 Å². The Morgan fingerprint density at radius 1 is 1.47 bits per heavy atom. The molecular weight excluding hydrogens is 258 g/mol. The van der Waals surface area contributed by atoms with Crippen LogP contribution in [0.2, 0.25) is 0 Å². The van der Waals surface area contributed by atoms with Crippen LogP contribution in [-0.4, -0.2) is 21.5 Å². The van der Waals surface area contributed by atoms with Crippen LogP contribution in [0, 0.1) is 0 Å². The molecule has 1 saturated carbocycles. The SMILES string of the molecule is O=C(Cn1ccnc1-c1cccs1)NC1CCCC1. The van der Waals surface area contributed by atoms with Crippen molar-refractivity contribution in [1.82, 2.24) is 14.9 Å². The fraction of sp³-hybridized carbons (Fsp3) is 0.429. The van der Waals surface area contributed by atoms with Gasteiger partial charge in [0.05, 0.1) is 4.88 Å². The Bertz CT molecular complexity index is 541. The first-order valence-corrected chi connectivity index (χ1v) is 7.55. The molecule has 0 saturated heterocycles. The van der Waals surface area contributed by atoms with Crippen LogP contribution < -0.4 is 5.32 Å². The minimum atomic E-state index is 0.0858. The summed E-state index contributed by atoms with van der Waals surface area (Å²) in [6.45, 7) is 0.351. The summed E-state index contributed by atoms with van der Waals surface area (Å²) < 4.78 is 1.91. The largest absolute Gasteiger partial charge is 0.352 e. The van der Waals surface area contributed by atoms with Gasteiger partial charge in [0.25, 0.3) is 0 Å². The van der Waals surface area contributed by atoms with Crippen molar-refractivity contribution < 1.29 is 4.79 Å². The molecule has 1 aliphatic rings. The number of thiophene rings is 1. The van der Waals surface area contributed by atoms with Gasteiger partial charge in [-0.25, -0.2) is 4.98 Å². The average molecular weight is 275 g/mol. The number of carbonyl (C=O) groups is 1.